The molecule has 0 rings (SSSR count). The summed E-state index contributed by atoms with van der Waals surface area (Å²) in [5, 5.41) is 17.0. The number of carboxylic acid groups (broad SMARTS) is 1. The molecule has 0 heterocycles. The third kappa shape index (κ3) is 4.46. The van der Waals surface area contributed by atoms with Crippen molar-refractivity contribution >= 4 is 14.6 Å². The number of hydrogen-bond acceptors (Lipinski definition) is 4. The predicted octanol–water partition coefficient (Wildman–Crippen LogP) is -0.413. The standard InChI is InChI=1S/C5H12NO4P.H3N/c1-6(11-10)4(2-3-7)5(8)9;/h4,7H,2-3,11H2,1H3,(H,8,9);1H3. The highest BCUT2D eigenvalue weighted by atomic mass is 31.1. The van der Waals surface area contributed by atoms with Gasteiger partial charge in [-0.2, -0.15) is 0 Å². The van der Waals surface area contributed by atoms with Crippen LogP contribution in [0.3, 0.4) is 0 Å². The van der Waals surface area contributed by atoms with Crippen LogP contribution in [0.2, 0.25) is 0 Å². The Bertz CT molecular complexity index is 154. The Morgan fingerprint density at radius 2 is 2.17 bits per heavy atom. The first kappa shape index (κ1) is 14.1. The maximum atomic E-state index is 10.4. The maximum Gasteiger partial charge on any atom is 0.321 e. The van der Waals surface area contributed by atoms with Gasteiger partial charge in [-0.3, -0.25) is 4.79 Å². The first-order valence-electron chi connectivity index (χ1n) is 3.14. The molecule has 0 saturated carbocycles. The molecule has 0 amide bonds. The number of aliphatic hydroxyl groups excluding tert-OH is 1. The molecule has 0 aliphatic heterocycles. The fourth-order valence-electron chi connectivity index (χ4n) is 0.697. The Morgan fingerprint density at radius 1 is 1.67 bits per heavy atom. The highest BCUT2D eigenvalue weighted by Gasteiger charge is 2.20. The number of carbonyl (C=O) groups is 1. The van der Waals surface area contributed by atoms with Gasteiger partial charge in [0.25, 0.3) is 0 Å². The van der Waals surface area contributed by atoms with E-state index in [0.29, 0.717) is 0 Å². The summed E-state index contributed by atoms with van der Waals surface area (Å²) in [5.74, 6) is -1.05. The molecular formula is C5H15N2O4P. The van der Waals surface area contributed by atoms with E-state index in [1.165, 1.54) is 11.7 Å². The van der Waals surface area contributed by atoms with Crippen molar-refractivity contribution in [3.05, 3.63) is 0 Å². The van der Waals surface area contributed by atoms with Gasteiger partial charge in [-0.25, -0.2) is 4.67 Å². The predicted molar refractivity (Wildman–Crippen MR) is 46.3 cm³/mol. The molecule has 0 radical (unpaired) electrons. The molecule has 0 bridgehead atoms. The summed E-state index contributed by atoms with van der Waals surface area (Å²) < 4.78 is 11.5. The van der Waals surface area contributed by atoms with Crippen LogP contribution < -0.4 is 6.15 Å². The Morgan fingerprint density at radius 3 is 2.42 bits per heavy atom. The van der Waals surface area contributed by atoms with E-state index in [4.69, 9.17) is 10.2 Å². The zero-order valence-corrected chi connectivity index (χ0v) is 8.09. The maximum absolute atomic E-state index is 10.4. The molecule has 2 unspecified atom stereocenters. The van der Waals surface area contributed by atoms with E-state index >= 15 is 0 Å². The van der Waals surface area contributed by atoms with E-state index in [0.717, 1.165) is 0 Å². The molecule has 5 N–H and O–H groups in total. The van der Waals surface area contributed by atoms with Crippen LogP contribution in [0.5, 0.6) is 0 Å². The molecule has 0 aromatic rings. The highest BCUT2D eigenvalue weighted by molar-refractivity contribution is 7.20. The number of carboxylic acids is 1. The zero-order valence-electron chi connectivity index (χ0n) is 6.93. The average Bonchev–Trinajstić information content (AvgIpc) is 1.98. The molecule has 74 valence electrons. The lowest BCUT2D eigenvalue weighted by Crippen LogP contribution is -2.33. The monoisotopic (exact) mass is 198 g/mol. The van der Waals surface area contributed by atoms with E-state index in [2.05, 4.69) is 0 Å². The molecular weight excluding hydrogens is 183 g/mol. The second-order valence-corrected chi connectivity index (χ2v) is 3.16. The van der Waals surface area contributed by atoms with Gasteiger partial charge in [-0.15, -0.1) is 0 Å². The minimum atomic E-state index is -1.24. The minimum absolute atomic E-state index is 0. The number of hydrogen-bond donors (Lipinski definition) is 3. The van der Waals surface area contributed by atoms with Crippen LogP contribution in [-0.2, 0) is 9.36 Å². The summed E-state index contributed by atoms with van der Waals surface area (Å²) in [6, 6.07) is -0.826. The Kier molecular flexibility index (Phi) is 8.52. The van der Waals surface area contributed by atoms with Crippen LogP contribution in [0.1, 0.15) is 6.42 Å². The SMILES string of the molecule is CN([PH2]=O)C(CCO)C(=O)O.N. The van der Waals surface area contributed by atoms with Gasteiger partial charge in [-0.05, 0) is 13.5 Å². The number of rotatable bonds is 5. The summed E-state index contributed by atoms with van der Waals surface area (Å²) in [6.07, 6.45) is 0.112. The second kappa shape index (κ2) is 7.24. The van der Waals surface area contributed by atoms with Crippen LogP contribution in [0, 0.1) is 0 Å². The van der Waals surface area contributed by atoms with Crippen LogP contribution in [0.25, 0.3) is 0 Å². The normalized spacial score (nSPS) is 13.2. The summed E-state index contributed by atoms with van der Waals surface area (Å²) in [5.41, 5.74) is 0. The molecule has 2 atom stereocenters. The Hall–Kier alpha value is -0.420. The number of likely N-dealkylation sites (N-methyl/N-ethyl adjacent to an activating group) is 1. The third-order valence-electron chi connectivity index (χ3n) is 1.35. The molecule has 12 heavy (non-hydrogen) atoms. The van der Waals surface area contributed by atoms with Gasteiger partial charge in [-0.1, -0.05) is 0 Å². The number of aliphatic hydroxyl groups is 1. The molecule has 0 aromatic heterocycles. The molecule has 0 spiro atoms. The van der Waals surface area contributed by atoms with E-state index in [1.807, 2.05) is 0 Å². The zero-order chi connectivity index (χ0) is 8.85. The lowest BCUT2D eigenvalue weighted by atomic mass is 10.2. The fourth-order valence-corrected chi connectivity index (χ4v) is 1.12. The van der Waals surface area contributed by atoms with Gasteiger partial charge in [0.1, 0.15) is 14.7 Å². The summed E-state index contributed by atoms with van der Waals surface area (Å²) in [7, 11) is 0.218. The minimum Gasteiger partial charge on any atom is -0.480 e. The average molecular weight is 198 g/mol. The van der Waals surface area contributed by atoms with Gasteiger partial charge < -0.3 is 20.9 Å². The van der Waals surface area contributed by atoms with E-state index in [1.54, 1.807) is 0 Å². The van der Waals surface area contributed by atoms with Gasteiger partial charge in [0.2, 0.25) is 0 Å². The second-order valence-electron chi connectivity index (χ2n) is 2.14. The van der Waals surface area contributed by atoms with Crippen molar-refractivity contribution in [2.24, 2.45) is 0 Å². The van der Waals surface area contributed by atoms with Crippen molar-refractivity contribution in [2.75, 3.05) is 13.7 Å². The van der Waals surface area contributed by atoms with Crippen LogP contribution >= 0.6 is 8.61 Å². The van der Waals surface area contributed by atoms with Crippen molar-refractivity contribution in [1.82, 2.24) is 10.8 Å². The van der Waals surface area contributed by atoms with Gasteiger partial charge in [0.05, 0.1) is 0 Å². The molecule has 0 aliphatic carbocycles. The van der Waals surface area contributed by atoms with Crippen LogP contribution in [-0.4, -0.2) is 40.5 Å². The lowest BCUT2D eigenvalue weighted by Gasteiger charge is -2.17. The molecule has 6 nitrogen and oxygen atoms in total. The van der Waals surface area contributed by atoms with Crippen LogP contribution in [0.4, 0.5) is 0 Å². The van der Waals surface area contributed by atoms with Crippen molar-refractivity contribution in [3.8, 4) is 0 Å². The summed E-state index contributed by atoms with van der Waals surface area (Å²) in [4.78, 5) is 10.4. The Balaban J connectivity index is 0. The Labute approximate surface area is 72.0 Å². The molecule has 0 aliphatic rings. The number of nitrogens with zero attached hydrogens (tertiary/aromatic N) is 1. The quantitative estimate of drug-likeness (QED) is 0.517. The van der Waals surface area contributed by atoms with Crippen molar-refractivity contribution in [2.45, 2.75) is 12.5 Å². The van der Waals surface area contributed by atoms with E-state index < -0.39 is 20.6 Å². The topological polar surface area (TPSA) is 113 Å². The molecule has 0 saturated heterocycles. The van der Waals surface area contributed by atoms with Gasteiger partial charge in [0.15, 0.2) is 0 Å². The van der Waals surface area contributed by atoms with Gasteiger partial charge >= 0.3 is 5.97 Å². The van der Waals surface area contributed by atoms with Crippen molar-refractivity contribution in [3.63, 3.8) is 0 Å². The number of aliphatic carboxylic acids is 1. The lowest BCUT2D eigenvalue weighted by molar-refractivity contribution is -0.141. The van der Waals surface area contributed by atoms with Crippen molar-refractivity contribution in [1.29, 1.82) is 0 Å². The smallest absolute Gasteiger partial charge is 0.321 e. The van der Waals surface area contributed by atoms with Crippen LogP contribution in [0.15, 0.2) is 0 Å². The molecule has 0 fully saturated rings. The molecule has 7 heteroatoms. The largest absolute Gasteiger partial charge is 0.480 e. The first-order chi connectivity index (χ1) is 5.13. The highest BCUT2D eigenvalue weighted by Crippen LogP contribution is 2.10. The molecule has 0 aromatic carbocycles. The summed E-state index contributed by atoms with van der Waals surface area (Å²) >= 11 is 0. The fraction of sp³-hybridized carbons (Fsp3) is 0.800. The van der Waals surface area contributed by atoms with E-state index in [-0.39, 0.29) is 19.2 Å². The third-order valence-corrected chi connectivity index (χ3v) is 2.04. The first-order valence-corrected chi connectivity index (χ1v) is 4.13. The van der Waals surface area contributed by atoms with Crippen molar-refractivity contribution < 1.29 is 19.6 Å². The summed E-state index contributed by atoms with van der Waals surface area (Å²) in [6.45, 7) is -0.208. The van der Waals surface area contributed by atoms with Gasteiger partial charge in [0, 0.05) is 6.61 Å². The van der Waals surface area contributed by atoms with E-state index in [9.17, 15) is 9.36 Å².